The first-order valence-electron chi connectivity index (χ1n) is 8.10. The molecule has 0 aliphatic heterocycles. The van der Waals surface area contributed by atoms with Crippen LogP contribution in [0.2, 0.25) is 0 Å². The molecule has 3 aromatic rings. The van der Waals surface area contributed by atoms with Gasteiger partial charge in [-0.3, -0.25) is 4.79 Å². The smallest absolute Gasteiger partial charge is 0.343 e. The minimum atomic E-state index is -0.507. The van der Waals surface area contributed by atoms with Crippen molar-refractivity contribution < 1.29 is 14.3 Å². The molecule has 0 fully saturated rings. The maximum Gasteiger partial charge on any atom is 0.343 e. The molecule has 1 heterocycles. The highest BCUT2D eigenvalue weighted by Gasteiger charge is 2.14. The second kappa shape index (κ2) is 8.41. The topological polar surface area (TPSA) is 105 Å². The molecule has 0 unspecified atom stereocenters. The summed E-state index contributed by atoms with van der Waals surface area (Å²) in [5, 5.41) is 9.68. The summed E-state index contributed by atoms with van der Waals surface area (Å²) in [7, 11) is 1.55. The second-order valence-corrected chi connectivity index (χ2v) is 6.35. The Kier molecular flexibility index (Phi) is 5.77. The quantitative estimate of drug-likeness (QED) is 0.307. The number of rotatable bonds is 5. The largest absolute Gasteiger partial charge is 0.497 e. The number of benzene rings is 2. The molecule has 1 aromatic heterocycles. The molecule has 0 saturated carbocycles. The minimum Gasteiger partial charge on any atom is -0.497 e. The minimum absolute atomic E-state index is 0.0687. The van der Waals surface area contributed by atoms with Crippen molar-refractivity contribution in [3.63, 3.8) is 0 Å². The Morgan fingerprint density at radius 3 is 2.32 bits per heavy atom. The van der Waals surface area contributed by atoms with Gasteiger partial charge < -0.3 is 14.5 Å². The lowest BCUT2D eigenvalue weighted by Crippen LogP contribution is -2.14. The number of H-pyrrole nitrogens is 1. The van der Waals surface area contributed by atoms with Crippen molar-refractivity contribution in [2.45, 2.75) is 5.16 Å². The van der Waals surface area contributed by atoms with Crippen molar-refractivity contribution in [2.75, 3.05) is 13.4 Å². The van der Waals surface area contributed by atoms with E-state index in [2.05, 4.69) is 9.97 Å². The molecule has 0 saturated heterocycles. The van der Waals surface area contributed by atoms with Crippen LogP contribution in [0.25, 0.3) is 11.3 Å². The molecule has 0 amide bonds. The Morgan fingerprint density at radius 2 is 1.75 bits per heavy atom. The molecule has 0 spiro atoms. The number of nitrogens with zero attached hydrogens (tertiary/aromatic N) is 2. The normalized spacial score (nSPS) is 10.2. The highest BCUT2D eigenvalue weighted by Crippen LogP contribution is 2.24. The molecular formula is C20H15N3O4S. The van der Waals surface area contributed by atoms with Gasteiger partial charge in [0.1, 0.15) is 23.1 Å². The van der Waals surface area contributed by atoms with Crippen molar-refractivity contribution in [1.82, 2.24) is 9.97 Å². The summed E-state index contributed by atoms with van der Waals surface area (Å²) in [6, 6.07) is 14.9. The van der Waals surface area contributed by atoms with Gasteiger partial charge in [0.05, 0.1) is 18.4 Å². The molecular weight excluding hydrogens is 378 g/mol. The third kappa shape index (κ3) is 4.05. The van der Waals surface area contributed by atoms with Crippen LogP contribution in [0.4, 0.5) is 0 Å². The molecule has 0 bridgehead atoms. The van der Waals surface area contributed by atoms with Gasteiger partial charge in [-0.15, -0.1) is 0 Å². The van der Waals surface area contributed by atoms with E-state index in [-0.39, 0.29) is 11.3 Å². The summed E-state index contributed by atoms with van der Waals surface area (Å²) >= 11 is 1.27. The van der Waals surface area contributed by atoms with Crippen molar-refractivity contribution in [3.05, 3.63) is 70.0 Å². The van der Waals surface area contributed by atoms with E-state index in [4.69, 9.17) is 9.47 Å². The van der Waals surface area contributed by atoms with Crippen LogP contribution < -0.4 is 15.0 Å². The first-order valence-corrected chi connectivity index (χ1v) is 9.33. The third-order valence-corrected chi connectivity index (χ3v) is 4.45. The molecule has 8 heteroatoms. The molecule has 28 heavy (non-hydrogen) atoms. The van der Waals surface area contributed by atoms with Crippen LogP contribution in [0, 0.1) is 11.3 Å². The lowest BCUT2D eigenvalue weighted by molar-refractivity contribution is 0.0734. The number of nitriles is 1. The number of thioether (sulfide) groups is 1. The standard InChI is InChI=1S/C20H15N3O4S/c1-26-14-7-5-13(6-8-14)19(25)27-15-9-3-12(4-10-15)17-16(11-21)18(24)23-20(22-17)28-2/h3-10H,1-2H3,(H,22,23,24). The van der Waals surface area contributed by atoms with Crippen LogP contribution in [0.5, 0.6) is 11.5 Å². The monoisotopic (exact) mass is 393 g/mol. The zero-order valence-electron chi connectivity index (χ0n) is 15.1. The number of hydrogen-bond acceptors (Lipinski definition) is 7. The highest BCUT2D eigenvalue weighted by molar-refractivity contribution is 7.98. The van der Waals surface area contributed by atoms with Gasteiger partial charge in [0.15, 0.2) is 5.16 Å². The summed E-state index contributed by atoms with van der Waals surface area (Å²) in [6.45, 7) is 0. The molecule has 0 aliphatic rings. The van der Waals surface area contributed by atoms with E-state index in [0.717, 1.165) is 0 Å². The Morgan fingerprint density at radius 1 is 1.11 bits per heavy atom. The van der Waals surface area contributed by atoms with Gasteiger partial charge in [-0.2, -0.15) is 5.26 Å². The third-order valence-electron chi connectivity index (χ3n) is 3.87. The first-order chi connectivity index (χ1) is 13.5. The van der Waals surface area contributed by atoms with E-state index in [1.165, 1.54) is 11.8 Å². The number of esters is 1. The van der Waals surface area contributed by atoms with Crippen LogP contribution in [0.3, 0.4) is 0 Å². The Bertz CT molecular complexity index is 1100. The van der Waals surface area contributed by atoms with E-state index >= 15 is 0 Å². The predicted molar refractivity (Wildman–Crippen MR) is 105 cm³/mol. The molecule has 140 valence electrons. The first kappa shape index (κ1) is 19.2. The fraction of sp³-hybridized carbons (Fsp3) is 0.100. The van der Waals surface area contributed by atoms with Crippen molar-refractivity contribution in [2.24, 2.45) is 0 Å². The number of carbonyl (C=O) groups is 1. The van der Waals surface area contributed by atoms with Gasteiger partial charge in [-0.05, 0) is 54.8 Å². The maximum atomic E-state index is 12.2. The SMILES string of the molecule is COc1ccc(C(=O)Oc2ccc(-c3nc(SC)[nH]c(=O)c3C#N)cc2)cc1. The van der Waals surface area contributed by atoms with Crippen LogP contribution in [0.1, 0.15) is 15.9 Å². The number of aromatic amines is 1. The van der Waals surface area contributed by atoms with Crippen LogP contribution in [-0.2, 0) is 0 Å². The lowest BCUT2D eigenvalue weighted by Gasteiger charge is -2.08. The molecule has 0 atom stereocenters. The molecule has 0 aliphatic carbocycles. The zero-order valence-corrected chi connectivity index (χ0v) is 15.9. The molecule has 3 rings (SSSR count). The number of ether oxygens (including phenoxy) is 2. The van der Waals surface area contributed by atoms with Gasteiger partial charge in [0.25, 0.3) is 5.56 Å². The summed E-state index contributed by atoms with van der Waals surface area (Å²) in [5.74, 6) is 0.467. The Labute approximate surface area is 165 Å². The van der Waals surface area contributed by atoms with Crippen molar-refractivity contribution >= 4 is 17.7 Å². The number of carbonyl (C=O) groups excluding carboxylic acids is 1. The summed E-state index contributed by atoms with van der Waals surface area (Å²) < 4.78 is 10.4. The van der Waals surface area contributed by atoms with Crippen molar-refractivity contribution in [1.29, 1.82) is 5.26 Å². The van der Waals surface area contributed by atoms with Crippen LogP contribution in [-0.4, -0.2) is 29.3 Å². The van der Waals surface area contributed by atoms with E-state index in [1.807, 2.05) is 6.07 Å². The van der Waals surface area contributed by atoms with Crippen LogP contribution >= 0.6 is 11.8 Å². The maximum absolute atomic E-state index is 12.2. The fourth-order valence-corrected chi connectivity index (χ4v) is 2.81. The average molecular weight is 393 g/mol. The number of nitrogens with one attached hydrogen (secondary N) is 1. The molecule has 7 nitrogen and oxygen atoms in total. The summed E-state index contributed by atoms with van der Waals surface area (Å²) in [4.78, 5) is 31.1. The number of hydrogen-bond donors (Lipinski definition) is 1. The van der Waals surface area contributed by atoms with E-state index in [0.29, 0.717) is 27.8 Å². The number of methoxy groups -OCH3 is 1. The Hall–Kier alpha value is -3.57. The summed E-state index contributed by atoms with van der Waals surface area (Å²) in [6.07, 6.45) is 1.77. The van der Waals surface area contributed by atoms with E-state index < -0.39 is 11.5 Å². The molecule has 1 N–H and O–H groups in total. The van der Waals surface area contributed by atoms with Gasteiger partial charge >= 0.3 is 5.97 Å². The van der Waals surface area contributed by atoms with Gasteiger partial charge in [-0.1, -0.05) is 11.8 Å². The molecule has 2 aromatic carbocycles. The highest BCUT2D eigenvalue weighted by atomic mass is 32.2. The zero-order chi connectivity index (χ0) is 20.1. The van der Waals surface area contributed by atoms with Crippen molar-refractivity contribution in [3.8, 4) is 28.8 Å². The average Bonchev–Trinajstić information content (AvgIpc) is 2.73. The lowest BCUT2D eigenvalue weighted by atomic mass is 10.1. The van der Waals surface area contributed by atoms with Gasteiger partial charge in [0, 0.05) is 5.56 Å². The molecule has 0 radical (unpaired) electrons. The number of aromatic nitrogens is 2. The second-order valence-electron chi connectivity index (χ2n) is 5.55. The Balaban J connectivity index is 1.84. The van der Waals surface area contributed by atoms with E-state index in [9.17, 15) is 14.9 Å². The van der Waals surface area contributed by atoms with E-state index in [1.54, 1.807) is 61.9 Å². The van der Waals surface area contributed by atoms with Gasteiger partial charge in [-0.25, -0.2) is 9.78 Å². The summed E-state index contributed by atoms with van der Waals surface area (Å²) in [5.41, 5.74) is 0.677. The fourth-order valence-electron chi connectivity index (χ4n) is 2.44. The van der Waals surface area contributed by atoms with Gasteiger partial charge in [0.2, 0.25) is 0 Å². The predicted octanol–water partition coefficient (Wildman–Crippen LogP) is 3.26. The van der Waals surface area contributed by atoms with Crippen LogP contribution in [0.15, 0.2) is 58.5 Å².